The Morgan fingerprint density at radius 1 is 0.852 bits per heavy atom. The molecule has 144 valence electrons. The molecule has 1 aromatic heterocycles. The molecule has 1 heterocycles. The van der Waals surface area contributed by atoms with Crippen LogP contribution < -0.4 is 11.5 Å². The fourth-order valence-corrected chi connectivity index (χ4v) is 2.52. The summed E-state index contributed by atoms with van der Waals surface area (Å²) in [5.74, 6) is 0.541. The summed E-state index contributed by atoms with van der Waals surface area (Å²) in [5.41, 5.74) is 14.2. The number of benzene rings is 2. The van der Waals surface area contributed by atoms with E-state index >= 15 is 0 Å². The number of halogens is 4. The molecule has 6 nitrogen and oxygen atoms in total. The van der Waals surface area contributed by atoms with E-state index < -0.39 is 0 Å². The molecular formula is C17H17Cl4N5O. The van der Waals surface area contributed by atoms with Gasteiger partial charge in [-0.25, -0.2) is 0 Å². The van der Waals surface area contributed by atoms with Gasteiger partial charge in [-0.15, -0.1) is 37.2 Å². The van der Waals surface area contributed by atoms with Gasteiger partial charge in [0, 0.05) is 28.3 Å². The molecule has 0 saturated heterocycles. The zero-order valence-corrected chi connectivity index (χ0v) is 16.9. The molecule has 27 heavy (non-hydrogen) atoms. The highest BCUT2D eigenvalue weighted by molar-refractivity contribution is 6.33. The minimum atomic E-state index is -0.0464. The quantitative estimate of drug-likeness (QED) is 0.346. The molecule has 0 radical (unpaired) electrons. The predicted octanol–water partition coefficient (Wildman–Crippen LogP) is 4.50. The van der Waals surface area contributed by atoms with Gasteiger partial charge in [0.2, 0.25) is 0 Å². The molecule has 6 N–H and O–H groups in total. The van der Waals surface area contributed by atoms with Crippen LogP contribution in [0, 0.1) is 10.8 Å². The van der Waals surface area contributed by atoms with E-state index in [0.717, 1.165) is 5.56 Å². The van der Waals surface area contributed by atoms with E-state index in [0.29, 0.717) is 33.2 Å². The van der Waals surface area contributed by atoms with Crippen molar-refractivity contribution in [1.82, 2.24) is 5.16 Å². The molecular weight excluding hydrogens is 432 g/mol. The number of nitrogens with zero attached hydrogens (tertiary/aromatic N) is 1. The fraction of sp³-hybridized carbons (Fsp3) is 0. The van der Waals surface area contributed by atoms with Gasteiger partial charge < -0.3 is 16.0 Å². The molecule has 0 unspecified atom stereocenters. The van der Waals surface area contributed by atoms with Crippen LogP contribution in [0.3, 0.4) is 0 Å². The molecule has 2 aromatic carbocycles. The maximum absolute atomic E-state index is 7.43. The van der Waals surface area contributed by atoms with Crippen molar-refractivity contribution >= 4 is 60.5 Å². The number of nitrogens with two attached hydrogens (primary N) is 2. The summed E-state index contributed by atoms with van der Waals surface area (Å²) in [7, 11) is 0. The zero-order valence-electron chi connectivity index (χ0n) is 13.7. The average Bonchev–Trinajstić information content (AvgIpc) is 3.04. The van der Waals surface area contributed by atoms with Crippen molar-refractivity contribution in [3.63, 3.8) is 0 Å². The SMILES string of the molecule is Cl.Cl.Cl.N=C(N)c1ccc(-c2cc(-c3ccc(C(=N)N)cc3Cl)no2)cc1. The van der Waals surface area contributed by atoms with Crippen molar-refractivity contribution in [2.24, 2.45) is 11.5 Å². The number of amidine groups is 2. The molecule has 0 aliphatic carbocycles. The molecule has 3 rings (SSSR count). The van der Waals surface area contributed by atoms with Crippen LogP contribution in [-0.2, 0) is 0 Å². The van der Waals surface area contributed by atoms with E-state index in [2.05, 4.69) is 5.16 Å². The Labute approximate surface area is 179 Å². The highest BCUT2D eigenvalue weighted by Gasteiger charge is 2.12. The van der Waals surface area contributed by atoms with Crippen molar-refractivity contribution in [2.45, 2.75) is 0 Å². The Balaban J connectivity index is 0.00000225. The van der Waals surface area contributed by atoms with E-state index in [9.17, 15) is 0 Å². The standard InChI is InChI=1S/C17H14ClN5O.3ClH/c18-13-7-11(17(21)22)5-6-12(13)14-8-15(24-23-14)9-1-3-10(4-2-9)16(19)20;;;/h1-8H,(H3,19,20)(H3,21,22);3*1H. The lowest BCUT2D eigenvalue weighted by atomic mass is 10.1. The van der Waals surface area contributed by atoms with E-state index in [1.807, 2.05) is 12.1 Å². The Bertz CT molecular complexity index is 941. The van der Waals surface area contributed by atoms with E-state index in [-0.39, 0.29) is 48.9 Å². The first-order chi connectivity index (χ1) is 11.5. The normalized spacial score (nSPS) is 9.37. The molecule has 0 spiro atoms. The molecule has 0 aliphatic heterocycles. The predicted molar refractivity (Wildman–Crippen MR) is 116 cm³/mol. The van der Waals surface area contributed by atoms with E-state index in [1.165, 1.54) is 0 Å². The Kier molecular flexibility index (Phi) is 9.33. The van der Waals surface area contributed by atoms with Crippen LogP contribution in [0.2, 0.25) is 5.02 Å². The second-order valence-electron chi connectivity index (χ2n) is 5.18. The number of rotatable bonds is 4. The Morgan fingerprint density at radius 2 is 1.41 bits per heavy atom. The summed E-state index contributed by atoms with van der Waals surface area (Å²) in [6.45, 7) is 0. The van der Waals surface area contributed by atoms with Crippen molar-refractivity contribution < 1.29 is 4.52 Å². The maximum atomic E-state index is 7.43. The lowest BCUT2D eigenvalue weighted by molar-refractivity contribution is 0.435. The second kappa shape index (κ2) is 10.2. The largest absolute Gasteiger partial charge is 0.384 e. The number of aromatic nitrogens is 1. The molecule has 0 fully saturated rings. The van der Waals surface area contributed by atoms with Crippen LogP contribution >= 0.6 is 48.8 Å². The van der Waals surface area contributed by atoms with Gasteiger partial charge in [-0.1, -0.05) is 53.2 Å². The summed E-state index contributed by atoms with van der Waals surface area (Å²) >= 11 is 6.25. The summed E-state index contributed by atoms with van der Waals surface area (Å²) in [6, 6.07) is 14.0. The lowest BCUT2D eigenvalue weighted by Crippen LogP contribution is -2.10. The summed E-state index contributed by atoms with van der Waals surface area (Å²) in [5, 5.41) is 19.3. The van der Waals surface area contributed by atoms with Gasteiger partial charge in [0.15, 0.2) is 5.76 Å². The third kappa shape index (κ3) is 5.37. The van der Waals surface area contributed by atoms with Crippen LogP contribution in [0.15, 0.2) is 53.1 Å². The highest BCUT2D eigenvalue weighted by Crippen LogP contribution is 2.31. The van der Waals surface area contributed by atoms with Gasteiger partial charge >= 0.3 is 0 Å². The van der Waals surface area contributed by atoms with Gasteiger partial charge in [0.25, 0.3) is 0 Å². The van der Waals surface area contributed by atoms with Crippen molar-refractivity contribution in [1.29, 1.82) is 10.8 Å². The van der Waals surface area contributed by atoms with Gasteiger partial charge in [-0.05, 0) is 6.07 Å². The van der Waals surface area contributed by atoms with E-state index in [4.69, 9.17) is 38.4 Å². The third-order valence-electron chi connectivity index (χ3n) is 3.55. The molecule has 0 aliphatic rings. The molecule has 0 bridgehead atoms. The van der Waals surface area contributed by atoms with Gasteiger partial charge in [-0.2, -0.15) is 0 Å². The summed E-state index contributed by atoms with van der Waals surface area (Å²) in [4.78, 5) is 0. The monoisotopic (exact) mass is 447 g/mol. The van der Waals surface area contributed by atoms with Crippen LogP contribution in [0.4, 0.5) is 0 Å². The smallest absolute Gasteiger partial charge is 0.167 e. The molecule has 0 amide bonds. The number of hydrogen-bond acceptors (Lipinski definition) is 4. The third-order valence-corrected chi connectivity index (χ3v) is 3.86. The fourth-order valence-electron chi connectivity index (χ4n) is 2.24. The first-order valence-electron chi connectivity index (χ1n) is 7.01. The number of hydrogen-bond donors (Lipinski definition) is 4. The second-order valence-corrected chi connectivity index (χ2v) is 5.58. The van der Waals surface area contributed by atoms with E-state index in [1.54, 1.807) is 36.4 Å². The summed E-state index contributed by atoms with van der Waals surface area (Å²) < 4.78 is 5.38. The van der Waals surface area contributed by atoms with Crippen molar-refractivity contribution in [3.05, 3.63) is 64.7 Å². The van der Waals surface area contributed by atoms with Crippen LogP contribution in [0.1, 0.15) is 11.1 Å². The Morgan fingerprint density at radius 3 is 1.93 bits per heavy atom. The van der Waals surface area contributed by atoms with Gasteiger partial charge in [-0.3, -0.25) is 10.8 Å². The van der Waals surface area contributed by atoms with Crippen LogP contribution in [-0.4, -0.2) is 16.8 Å². The lowest BCUT2D eigenvalue weighted by Gasteiger charge is -2.03. The summed E-state index contributed by atoms with van der Waals surface area (Å²) in [6.07, 6.45) is 0. The number of nitrogen functional groups attached to an aromatic ring is 2. The highest BCUT2D eigenvalue weighted by atomic mass is 35.5. The molecule has 10 heteroatoms. The molecule has 0 saturated carbocycles. The first kappa shape index (κ1) is 24.8. The minimum Gasteiger partial charge on any atom is -0.384 e. The Hall–Kier alpha value is -2.25. The zero-order chi connectivity index (χ0) is 17.3. The van der Waals surface area contributed by atoms with Crippen molar-refractivity contribution in [2.75, 3.05) is 0 Å². The minimum absolute atomic E-state index is 0. The molecule has 3 aromatic rings. The topological polar surface area (TPSA) is 126 Å². The van der Waals surface area contributed by atoms with Crippen LogP contribution in [0.5, 0.6) is 0 Å². The maximum Gasteiger partial charge on any atom is 0.167 e. The first-order valence-corrected chi connectivity index (χ1v) is 7.39. The van der Waals surface area contributed by atoms with Crippen LogP contribution in [0.25, 0.3) is 22.6 Å². The average molecular weight is 449 g/mol. The number of nitrogens with one attached hydrogen (secondary N) is 2. The van der Waals surface area contributed by atoms with Gasteiger partial charge in [0.05, 0.1) is 5.02 Å². The van der Waals surface area contributed by atoms with Crippen molar-refractivity contribution in [3.8, 4) is 22.6 Å². The molecule has 0 atom stereocenters. The van der Waals surface area contributed by atoms with Gasteiger partial charge in [0.1, 0.15) is 17.4 Å².